The first kappa shape index (κ1) is 13.5. The van der Waals surface area contributed by atoms with E-state index in [0.29, 0.717) is 19.6 Å². The van der Waals surface area contributed by atoms with Crippen molar-refractivity contribution in [2.45, 2.75) is 51.7 Å². The number of ether oxygens (including phenoxy) is 1. The van der Waals surface area contributed by atoms with Crippen LogP contribution in [0.1, 0.15) is 39.5 Å². The number of hydrogen-bond donors (Lipinski definition) is 1. The Hall–Kier alpha value is -0.610. The highest BCUT2D eigenvalue weighted by atomic mass is 16.5. The number of carbonyl (C=O) groups excluding carboxylic acids is 1. The number of morpholine rings is 1. The summed E-state index contributed by atoms with van der Waals surface area (Å²) in [5.41, 5.74) is 5.42. The Bertz CT molecular complexity index is 221. The molecular formula is C12H24N2O2. The van der Waals surface area contributed by atoms with Crippen molar-refractivity contribution in [2.24, 2.45) is 5.73 Å². The quantitative estimate of drug-likeness (QED) is 0.718. The summed E-state index contributed by atoms with van der Waals surface area (Å²) in [6, 6.07) is 0.265. The number of unbranched alkanes of at least 4 members (excludes halogenated alkanes) is 1. The fraction of sp³-hybridized carbons (Fsp3) is 0.917. The van der Waals surface area contributed by atoms with Crippen LogP contribution in [-0.2, 0) is 9.53 Å². The summed E-state index contributed by atoms with van der Waals surface area (Å²) in [6.45, 7) is 6.21. The molecule has 4 nitrogen and oxygen atoms in total. The number of nitrogens with two attached hydrogens (primary N) is 1. The maximum absolute atomic E-state index is 12.0. The van der Waals surface area contributed by atoms with Gasteiger partial charge in [0.05, 0.1) is 18.8 Å². The van der Waals surface area contributed by atoms with Crippen molar-refractivity contribution < 1.29 is 9.53 Å². The van der Waals surface area contributed by atoms with Crippen LogP contribution in [0.2, 0.25) is 0 Å². The van der Waals surface area contributed by atoms with Crippen LogP contribution < -0.4 is 5.73 Å². The van der Waals surface area contributed by atoms with Gasteiger partial charge in [0.25, 0.3) is 0 Å². The highest BCUT2D eigenvalue weighted by Gasteiger charge is 2.28. The van der Waals surface area contributed by atoms with Crippen LogP contribution in [0.4, 0.5) is 0 Å². The van der Waals surface area contributed by atoms with Gasteiger partial charge in [-0.15, -0.1) is 0 Å². The van der Waals surface area contributed by atoms with E-state index in [9.17, 15) is 4.79 Å². The molecule has 1 heterocycles. The molecule has 16 heavy (non-hydrogen) atoms. The predicted octanol–water partition coefficient (Wildman–Crippen LogP) is 1.14. The molecule has 4 heteroatoms. The highest BCUT2D eigenvalue weighted by Crippen LogP contribution is 2.16. The Morgan fingerprint density at radius 2 is 2.25 bits per heavy atom. The molecule has 2 atom stereocenters. The average molecular weight is 228 g/mol. The van der Waals surface area contributed by atoms with Gasteiger partial charge in [0.1, 0.15) is 0 Å². The minimum absolute atomic E-state index is 0.168. The van der Waals surface area contributed by atoms with E-state index >= 15 is 0 Å². The normalized spacial score (nSPS) is 25.8. The van der Waals surface area contributed by atoms with Gasteiger partial charge in [0.15, 0.2) is 0 Å². The van der Waals surface area contributed by atoms with Gasteiger partial charge < -0.3 is 15.4 Å². The van der Waals surface area contributed by atoms with E-state index in [1.165, 1.54) is 0 Å². The summed E-state index contributed by atoms with van der Waals surface area (Å²) in [6.07, 6.45) is 3.59. The summed E-state index contributed by atoms with van der Waals surface area (Å²) in [5.74, 6) is 0.260. The van der Waals surface area contributed by atoms with Crippen molar-refractivity contribution in [3.8, 4) is 0 Å². The summed E-state index contributed by atoms with van der Waals surface area (Å²) in [4.78, 5) is 14.0. The van der Waals surface area contributed by atoms with Gasteiger partial charge in [-0.3, -0.25) is 4.79 Å². The fourth-order valence-electron chi connectivity index (χ4n) is 2.05. The third kappa shape index (κ3) is 3.76. The Labute approximate surface area is 98.1 Å². The minimum atomic E-state index is 0.168. The minimum Gasteiger partial charge on any atom is -0.375 e. The first-order valence-electron chi connectivity index (χ1n) is 6.30. The number of nitrogens with zero attached hydrogens (tertiary/aromatic N) is 1. The zero-order chi connectivity index (χ0) is 12.0. The molecule has 0 aromatic heterocycles. The third-order valence-electron chi connectivity index (χ3n) is 3.10. The van der Waals surface area contributed by atoms with E-state index in [0.717, 1.165) is 25.8 Å². The van der Waals surface area contributed by atoms with E-state index in [4.69, 9.17) is 10.5 Å². The molecule has 0 spiro atoms. The molecule has 2 unspecified atom stereocenters. The fourth-order valence-corrected chi connectivity index (χ4v) is 2.05. The van der Waals surface area contributed by atoms with Crippen LogP contribution >= 0.6 is 0 Å². The van der Waals surface area contributed by atoms with Crippen LogP contribution in [-0.4, -0.2) is 42.6 Å². The van der Waals surface area contributed by atoms with Gasteiger partial charge in [-0.25, -0.2) is 0 Å². The standard InChI is InChI=1S/C12H24N2O2/c1-3-11-9-16-10(2)8-14(11)12(15)6-4-5-7-13/h10-11H,3-9,13H2,1-2H3. The van der Waals surface area contributed by atoms with Crippen molar-refractivity contribution >= 4 is 5.91 Å². The smallest absolute Gasteiger partial charge is 0.222 e. The number of rotatable bonds is 5. The second kappa shape index (κ2) is 6.86. The lowest BCUT2D eigenvalue weighted by Crippen LogP contribution is -2.51. The molecule has 1 amide bonds. The number of amides is 1. The van der Waals surface area contributed by atoms with Gasteiger partial charge in [0.2, 0.25) is 5.91 Å². The van der Waals surface area contributed by atoms with Crippen LogP contribution in [0.15, 0.2) is 0 Å². The lowest BCUT2D eigenvalue weighted by Gasteiger charge is -2.38. The molecule has 0 aromatic carbocycles. The van der Waals surface area contributed by atoms with Crippen LogP contribution in [0.25, 0.3) is 0 Å². The molecule has 1 aliphatic heterocycles. The first-order valence-corrected chi connectivity index (χ1v) is 6.30. The Balaban J connectivity index is 2.43. The van der Waals surface area contributed by atoms with E-state index in [2.05, 4.69) is 6.92 Å². The monoisotopic (exact) mass is 228 g/mol. The number of carbonyl (C=O) groups is 1. The Morgan fingerprint density at radius 3 is 2.88 bits per heavy atom. The van der Waals surface area contributed by atoms with Crippen LogP contribution in [0, 0.1) is 0 Å². The summed E-state index contributed by atoms with van der Waals surface area (Å²) < 4.78 is 5.57. The van der Waals surface area contributed by atoms with E-state index in [1.807, 2.05) is 11.8 Å². The molecule has 0 bridgehead atoms. The molecule has 0 aromatic rings. The van der Waals surface area contributed by atoms with Crippen molar-refractivity contribution in [3.05, 3.63) is 0 Å². The maximum atomic E-state index is 12.0. The lowest BCUT2D eigenvalue weighted by atomic mass is 10.1. The predicted molar refractivity (Wildman–Crippen MR) is 64.1 cm³/mol. The van der Waals surface area contributed by atoms with E-state index < -0.39 is 0 Å². The second-order valence-corrected chi connectivity index (χ2v) is 4.50. The zero-order valence-electron chi connectivity index (χ0n) is 10.4. The molecular weight excluding hydrogens is 204 g/mol. The lowest BCUT2D eigenvalue weighted by molar-refractivity contribution is -0.144. The summed E-state index contributed by atoms with van der Waals surface area (Å²) >= 11 is 0. The van der Waals surface area contributed by atoms with Gasteiger partial charge in [-0.05, 0) is 32.7 Å². The molecule has 1 aliphatic rings. The second-order valence-electron chi connectivity index (χ2n) is 4.50. The van der Waals surface area contributed by atoms with Crippen molar-refractivity contribution in [1.82, 2.24) is 4.90 Å². The molecule has 2 N–H and O–H groups in total. The molecule has 0 saturated carbocycles. The van der Waals surface area contributed by atoms with Crippen LogP contribution in [0.5, 0.6) is 0 Å². The van der Waals surface area contributed by atoms with Crippen LogP contribution in [0.3, 0.4) is 0 Å². The SMILES string of the molecule is CCC1COC(C)CN1C(=O)CCCCN. The average Bonchev–Trinajstić information content (AvgIpc) is 2.29. The van der Waals surface area contributed by atoms with Gasteiger partial charge >= 0.3 is 0 Å². The van der Waals surface area contributed by atoms with E-state index in [1.54, 1.807) is 0 Å². The number of hydrogen-bond acceptors (Lipinski definition) is 3. The molecule has 0 aliphatic carbocycles. The molecule has 94 valence electrons. The van der Waals surface area contributed by atoms with Crippen molar-refractivity contribution in [1.29, 1.82) is 0 Å². The molecule has 0 radical (unpaired) electrons. The zero-order valence-corrected chi connectivity index (χ0v) is 10.4. The third-order valence-corrected chi connectivity index (χ3v) is 3.10. The molecule has 1 fully saturated rings. The molecule has 1 saturated heterocycles. The van der Waals surface area contributed by atoms with Gasteiger partial charge in [-0.1, -0.05) is 6.92 Å². The Kier molecular flexibility index (Phi) is 5.77. The topological polar surface area (TPSA) is 55.6 Å². The summed E-state index contributed by atoms with van der Waals surface area (Å²) in [5, 5.41) is 0. The largest absolute Gasteiger partial charge is 0.375 e. The molecule has 1 rings (SSSR count). The van der Waals surface area contributed by atoms with Gasteiger partial charge in [-0.2, -0.15) is 0 Å². The van der Waals surface area contributed by atoms with Crippen molar-refractivity contribution in [3.63, 3.8) is 0 Å². The first-order chi connectivity index (χ1) is 7.69. The van der Waals surface area contributed by atoms with Gasteiger partial charge in [0, 0.05) is 13.0 Å². The Morgan fingerprint density at radius 1 is 1.50 bits per heavy atom. The summed E-state index contributed by atoms with van der Waals surface area (Å²) in [7, 11) is 0. The maximum Gasteiger partial charge on any atom is 0.222 e. The highest BCUT2D eigenvalue weighted by molar-refractivity contribution is 5.76. The van der Waals surface area contributed by atoms with E-state index in [-0.39, 0.29) is 18.1 Å². The van der Waals surface area contributed by atoms with Crippen molar-refractivity contribution in [2.75, 3.05) is 19.7 Å².